The van der Waals surface area contributed by atoms with Crippen LogP contribution in [0.15, 0.2) is 12.1 Å². The summed E-state index contributed by atoms with van der Waals surface area (Å²) in [7, 11) is 4.70. The number of ether oxygens (including phenoxy) is 3. The monoisotopic (exact) mass is 269 g/mol. The van der Waals surface area contributed by atoms with Crippen molar-refractivity contribution in [2.75, 3.05) is 27.1 Å². The second kappa shape index (κ2) is 5.39. The Morgan fingerprint density at radius 2 is 1.78 bits per heavy atom. The van der Waals surface area contributed by atoms with E-state index in [1.54, 1.807) is 33.1 Å². The summed E-state index contributed by atoms with van der Waals surface area (Å²) < 4.78 is 15.8. The molecule has 1 saturated heterocycles. The Balaban J connectivity index is 2.40. The SMILES string of the molecule is COc1cc([C@H]2NC(=O)CS2)cc(OC)c1OC. The van der Waals surface area contributed by atoms with E-state index >= 15 is 0 Å². The van der Waals surface area contributed by atoms with E-state index in [0.717, 1.165) is 5.56 Å². The number of nitrogens with one attached hydrogen (secondary N) is 1. The number of hydrogen-bond acceptors (Lipinski definition) is 5. The van der Waals surface area contributed by atoms with Gasteiger partial charge in [-0.2, -0.15) is 0 Å². The molecule has 0 unspecified atom stereocenters. The highest BCUT2D eigenvalue weighted by atomic mass is 32.2. The highest BCUT2D eigenvalue weighted by Crippen LogP contribution is 2.42. The average molecular weight is 269 g/mol. The summed E-state index contributed by atoms with van der Waals surface area (Å²) in [6.07, 6.45) is 0. The van der Waals surface area contributed by atoms with Gasteiger partial charge in [0.25, 0.3) is 0 Å². The van der Waals surface area contributed by atoms with Gasteiger partial charge in [0.05, 0.1) is 27.1 Å². The van der Waals surface area contributed by atoms with Crippen LogP contribution in [0.5, 0.6) is 17.2 Å². The fourth-order valence-corrected chi connectivity index (χ4v) is 2.77. The zero-order valence-corrected chi connectivity index (χ0v) is 11.3. The van der Waals surface area contributed by atoms with E-state index in [-0.39, 0.29) is 11.3 Å². The summed E-state index contributed by atoms with van der Waals surface area (Å²) >= 11 is 1.54. The molecule has 0 saturated carbocycles. The highest BCUT2D eigenvalue weighted by Gasteiger charge is 2.25. The van der Waals surface area contributed by atoms with E-state index < -0.39 is 0 Å². The van der Waals surface area contributed by atoms with Gasteiger partial charge in [0.15, 0.2) is 11.5 Å². The number of amides is 1. The second-order valence-corrected chi connectivity index (χ2v) is 4.81. The smallest absolute Gasteiger partial charge is 0.231 e. The van der Waals surface area contributed by atoms with Crippen LogP contribution in [0.1, 0.15) is 10.9 Å². The van der Waals surface area contributed by atoms with Crippen molar-refractivity contribution >= 4 is 17.7 Å². The molecule has 0 radical (unpaired) electrons. The largest absolute Gasteiger partial charge is 0.493 e. The third-order valence-corrected chi connectivity index (χ3v) is 3.82. The number of carbonyl (C=O) groups excluding carboxylic acids is 1. The third-order valence-electron chi connectivity index (χ3n) is 2.66. The van der Waals surface area contributed by atoms with Crippen molar-refractivity contribution in [3.05, 3.63) is 17.7 Å². The van der Waals surface area contributed by atoms with Crippen molar-refractivity contribution in [2.24, 2.45) is 0 Å². The molecule has 1 fully saturated rings. The number of benzene rings is 1. The maximum absolute atomic E-state index is 11.2. The van der Waals surface area contributed by atoms with E-state index in [9.17, 15) is 4.79 Å². The first-order chi connectivity index (χ1) is 8.69. The molecule has 0 bridgehead atoms. The molecular formula is C12H15NO4S. The number of carbonyl (C=O) groups is 1. The standard InChI is InChI=1S/C12H15NO4S/c1-15-8-4-7(12-13-10(14)6-18-12)5-9(16-2)11(8)17-3/h4-5,12H,6H2,1-3H3,(H,13,14)/t12-/m0/s1. The predicted molar refractivity (Wildman–Crippen MR) is 69.4 cm³/mol. The van der Waals surface area contributed by atoms with Crippen LogP contribution in [0.25, 0.3) is 0 Å². The summed E-state index contributed by atoms with van der Waals surface area (Å²) in [5.41, 5.74) is 0.931. The first-order valence-electron chi connectivity index (χ1n) is 5.40. The van der Waals surface area contributed by atoms with Crippen LogP contribution in [0, 0.1) is 0 Å². The van der Waals surface area contributed by atoms with Gasteiger partial charge >= 0.3 is 0 Å². The van der Waals surface area contributed by atoms with Crippen molar-refractivity contribution in [2.45, 2.75) is 5.37 Å². The van der Waals surface area contributed by atoms with E-state index in [4.69, 9.17) is 14.2 Å². The quantitative estimate of drug-likeness (QED) is 0.899. The second-order valence-electron chi connectivity index (χ2n) is 3.72. The lowest BCUT2D eigenvalue weighted by Crippen LogP contribution is -2.19. The minimum Gasteiger partial charge on any atom is -0.493 e. The molecule has 1 aromatic carbocycles. The molecule has 2 rings (SSSR count). The topological polar surface area (TPSA) is 56.8 Å². The predicted octanol–water partition coefficient (Wildman–Crippen LogP) is 1.57. The summed E-state index contributed by atoms with van der Waals surface area (Å²) in [5.74, 6) is 2.25. The number of methoxy groups -OCH3 is 3. The van der Waals surface area contributed by atoms with E-state index in [2.05, 4.69) is 5.32 Å². The maximum atomic E-state index is 11.2. The van der Waals surface area contributed by atoms with E-state index in [1.807, 2.05) is 12.1 Å². The first kappa shape index (κ1) is 12.9. The van der Waals surface area contributed by atoms with Crippen molar-refractivity contribution < 1.29 is 19.0 Å². The molecule has 0 aromatic heterocycles. The van der Waals surface area contributed by atoms with Crippen LogP contribution in [0.2, 0.25) is 0 Å². The maximum Gasteiger partial charge on any atom is 0.231 e. The highest BCUT2D eigenvalue weighted by molar-refractivity contribution is 8.00. The van der Waals surface area contributed by atoms with Gasteiger partial charge in [-0.05, 0) is 17.7 Å². The van der Waals surface area contributed by atoms with Gasteiger partial charge in [-0.1, -0.05) is 0 Å². The lowest BCUT2D eigenvalue weighted by Gasteiger charge is -2.16. The molecule has 1 aliphatic heterocycles. The van der Waals surface area contributed by atoms with Crippen LogP contribution < -0.4 is 19.5 Å². The van der Waals surface area contributed by atoms with Gasteiger partial charge in [0.2, 0.25) is 11.7 Å². The van der Waals surface area contributed by atoms with Crippen molar-refractivity contribution in [1.82, 2.24) is 5.32 Å². The molecule has 98 valence electrons. The van der Waals surface area contributed by atoms with Gasteiger partial charge in [0.1, 0.15) is 5.37 Å². The summed E-state index contributed by atoms with van der Waals surface area (Å²) in [5, 5.41) is 2.82. The van der Waals surface area contributed by atoms with Crippen LogP contribution in [0.3, 0.4) is 0 Å². The van der Waals surface area contributed by atoms with Crippen molar-refractivity contribution in [3.8, 4) is 17.2 Å². The van der Waals surface area contributed by atoms with E-state index in [0.29, 0.717) is 23.0 Å². The average Bonchev–Trinajstić information content (AvgIpc) is 2.83. The Hall–Kier alpha value is -1.56. The first-order valence-corrected chi connectivity index (χ1v) is 6.45. The Morgan fingerprint density at radius 1 is 1.17 bits per heavy atom. The van der Waals surface area contributed by atoms with E-state index in [1.165, 1.54) is 0 Å². The number of hydrogen-bond donors (Lipinski definition) is 1. The molecular weight excluding hydrogens is 254 g/mol. The minimum absolute atomic E-state index is 0.0405. The Kier molecular flexibility index (Phi) is 3.86. The normalized spacial score (nSPS) is 18.4. The molecule has 0 spiro atoms. The van der Waals surface area contributed by atoms with Crippen LogP contribution in [0.4, 0.5) is 0 Å². The van der Waals surface area contributed by atoms with Crippen LogP contribution in [-0.4, -0.2) is 33.0 Å². The van der Waals surface area contributed by atoms with Crippen molar-refractivity contribution in [1.29, 1.82) is 0 Å². The van der Waals surface area contributed by atoms with Crippen molar-refractivity contribution in [3.63, 3.8) is 0 Å². The lowest BCUT2D eigenvalue weighted by atomic mass is 10.1. The Bertz CT molecular complexity index is 438. The molecule has 1 heterocycles. The van der Waals surface area contributed by atoms with Gasteiger partial charge < -0.3 is 19.5 Å². The lowest BCUT2D eigenvalue weighted by molar-refractivity contribution is -0.118. The minimum atomic E-state index is -0.0637. The molecule has 5 nitrogen and oxygen atoms in total. The van der Waals surface area contributed by atoms with Crippen LogP contribution in [-0.2, 0) is 4.79 Å². The van der Waals surface area contributed by atoms with Crippen LogP contribution >= 0.6 is 11.8 Å². The van der Waals surface area contributed by atoms with Gasteiger partial charge in [-0.15, -0.1) is 11.8 Å². The molecule has 1 N–H and O–H groups in total. The zero-order valence-electron chi connectivity index (χ0n) is 10.5. The van der Waals surface area contributed by atoms with Gasteiger partial charge in [0, 0.05) is 0 Å². The Morgan fingerprint density at radius 3 is 2.17 bits per heavy atom. The molecule has 6 heteroatoms. The van der Waals surface area contributed by atoms with Gasteiger partial charge in [-0.25, -0.2) is 0 Å². The fourth-order valence-electron chi connectivity index (χ4n) is 1.82. The number of rotatable bonds is 4. The molecule has 1 amide bonds. The molecule has 1 aliphatic rings. The number of thioether (sulfide) groups is 1. The molecule has 18 heavy (non-hydrogen) atoms. The molecule has 1 aromatic rings. The summed E-state index contributed by atoms with van der Waals surface area (Å²) in [6.45, 7) is 0. The summed E-state index contributed by atoms with van der Waals surface area (Å²) in [4.78, 5) is 11.2. The molecule has 0 aliphatic carbocycles. The van der Waals surface area contributed by atoms with Gasteiger partial charge in [-0.3, -0.25) is 4.79 Å². The Labute approximate surface area is 110 Å². The summed E-state index contributed by atoms with van der Waals surface area (Å²) in [6, 6.07) is 3.70. The zero-order chi connectivity index (χ0) is 13.1. The third kappa shape index (κ3) is 2.33. The molecule has 1 atom stereocenters. The fraction of sp³-hybridized carbons (Fsp3) is 0.417.